The summed E-state index contributed by atoms with van der Waals surface area (Å²) in [5, 5.41) is 4.16. The molecule has 0 saturated heterocycles. The number of anilines is 1. The Morgan fingerprint density at radius 2 is 2.26 bits per heavy atom. The van der Waals surface area contributed by atoms with Gasteiger partial charge >= 0.3 is 0 Å². The average Bonchev–Trinajstić information content (AvgIpc) is 2.80. The molecule has 1 aromatic carbocycles. The predicted octanol–water partition coefficient (Wildman–Crippen LogP) is 1.90. The normalized spacial score (nSPS) is 12.6. The zero-order valence-electron chi connectivity index (χ0n) is 10.8. The first-order valence-corrected chi connectivity index (χ1v) is 6.88. The summed E-state index contributed by atoms with van der Waals surface area (Å²) in [7, 11) is 1.91. The minimum Gasteiger partial charge on any atom is -0.398 e. The number of nitrogen functional groups attached to an aromatic ring is 1. The van der Waals surface area contributed by atoms with Crippen LogP contribution in [0.3, 0.4) is 0 Å². The van der Waals surface area contributed by atoms with Gasteiger partial charge in [0.2, 0.25) is 0 Å². The van der Waals surface area contributed by atoms with E-state index in [1.165, 1.54) is 5.56 Å². The first kappa shape index (κ1) is 14.0. The van der Waals surface area contributed by atoms with Gasteiger partial charge in [0.1, 0.15) is 0 Å². The van der Waals surface area contributed by atoms with E-state index < -0.39 is 0 Å². The van der Waals surface area contributed by atoms with Crippen LogP contribution in [0.5, 0.6) is 0 Å². The maximum Gasteiger partial charge on any atom is 0.0521 e. The number of rotatable bonds is 5. The Bertz CT molecular complexity index is 552. The topological polar surface area (TPSA) is 81.9 Å². The molecule has 0 bridgehead atoms. The number of aromatic nitrogens is 2. The lowest BCUT2D eigenvalue weighted by molar-refractivity contribution is 0.517. The van der Waals surface area contributed by atoms with E-state index in [2.05, 4.69) is 26.5 Å². The van der Waals surface area contributed by atoms with Crippen LogP contribution in [0.15, 0.2) is 35.1 Å². The molecule has 0 fully saturated rings. The molecule has 6 heteroatoms. The molecule has 0 radical (unpaired) electrons. The average molecular weight is 324 g/mol. The Kier molecular flexibility index (Phi) is 4.57. The second-order valence-corrected chi connectivity index (χ2v) is 5.47. The van der Waals surface area contributed by atoms with Gasteiger partial charge in [-0.1, -0.05) is 15.9 Å². The zero-order valence-corrected chi connectivity index (χ0v) is 12.4. The van der Waals surface area contributed by atoms with Crippen LogP contribution in [-0.4, -0.2) is 9.78 Å². The van der Waals surface area contributed by atoms with Gasteiger partial charge in [-0.05, 0) is 42.2 Å². The molecule has 1 aromatic heterocycles. The maximum atomic E-state index is 6.01. The third-order valence-electron chi connectivity index (χ3n) is 3.11. The molecule has 5 N–H and O–H groups in total. The van der Waals surface area contributed by atoms with E-state index in [0.717, 1.165) is 28.6 Å². The minimum atomic E-state index is 0.0257. The number of nitrogens with one attached hydrogen (secondary N) is 1. The molecule has 0 aliphatic carbocycles. The van der Waals surface area contributed by atoms with E-state index in [1.807, 2.05) is 37.6 Å². The fourth-order valence-corrected chi connectivity index (χ4v) is 2.47. The number of hydrogen-bond acceptors (Lipinski definition) is 4. The molecule has 2 aromatic rings. The Hall–Kier alpha value is -1.37. The van der Waals surface area contributed by atoms with E-state index in [0.29, 0.717) is 0 Å². The highest BCUT2D eigenvalue weighted by Crippen LogP contribution is 2.27. The molecule has 102 valence electrons. The van der Waals surface area contributed by atoms with Crippen molar-refractivity contribution in [2.24, 2.45) is 12.9 Å². The monoisotopic (exact) mass is 323 g/mol. The molecule has 0 aliphatic rings. The third-order valence-corrected chi connectivity index (χ3v) is 3.60. The lowest BCUT2D eigenvalue weighted by Crippen LogP contribution is -2.29. The molecule has 19 heavy (non-hydrogen) atoms. The first-order chi connectivity index (χ1) is 9.10. The van der Waals surface area contributed by atoms with Crippen LogP contribution < -0.4 is 17.0 Å². The van der Waals surface area contributed by atoms with Crippen molar-refractivity contribution in [2.75, 3.05) is 5.73 Å². The molecular weight excluding hydrogens is 306 g/mol. The van der Waals surface area contributed by atoms with E-state index >= 15 is 0 Å². The SMILES string of the molecule is Cn1cc(CCC(NN)c2cc(Br)ccc2N)cn1. The third kappa shape index (κ3) is 3.56. The van der Waals surface area contributed by atoms with Crippen molar-refractivity contribution >= 4 is 21.6 Å². The maximum absolute atomic E-state index is 6.01. The van der Waals surface area contributed by atoms with Crippen molar-refractivity contribution in [3.8, 4) is 0 Å². The zero-order chi connectivity index (χ0) is 13.8. The highest BCUT2D eigenvalue weighted by Gasteiger charge is 2.13. The summed E-state index contributed by atoms with van der Waals surface area (Å²) in [6, 6.07) is 5.84. The summed E-state index contributed by atoms with van der Waals surface area (Å²) < 4.78 is 2.80. The largest absolute Gasteiger partial charge is 0.398 e. The van der Waals surface area contributed by atoms with Gasteiger partial charge in [0, 0.05) is 29.4 Å². The van der Waals surface area contributed by atoms with Gasteiger partial charge < -0.3 is 5.73 Å². The van der Waals surface area contributed by atoms with E-state index in [1.54, 1.807) is 4.68 Å². The fourth-order valence-electron chi connectivity index (χ4n) is 2.09. The summed E-state index contributed by atoms with van der Waals surface area (Å²) in [5.41, 5.74) is 11.8. The molecule has 0 saturated carbocycles. The molecular formula is C13H18BrN5. The van der Waals surface area contributed by atoms with Crippen molar-refractivity contribution in [3.05, 3.63) is 46.2 Å². The Morgan fingerprint density at radius 3 is 2.89 bits per heavy atom. The summed E-state index contributed by atoms with van der Waals surface area (Å²) in [6.07, 6.45) is 5.65. The van der Waals surface area contributed by atoms with Crippen molar-refractivity contribution in [1.29, 1.82) is 0 Å². The number of nitrogens with two attached hydrogens (primary N) is 2. The number of benzene rings is 1. The number of halogens is 1. The van der Waals surface area contributed by atoms with Crippen LogP contribution in [0, 0.1) is 0 Å². The Labute approximate surface area is 121 Å². The number of aryl methyl sites for hydroxylation is 2. The smallest absolute Gasteiger partial charge is 0.0521 e. The van der Waals surface area contributed by atoms with Gasteiger partial charge in [-0.25, -0.2) is 0 Å². The van der Waals surface area contributed by atoms with Crippen LogP contribution in [0.25, 0.3) is 0 Å². The van der Waals surface area contributed by atoms with Gasteiger partial charge in [0.25, 0.3) is 0 Å². The molecule has 2 rings (SSSR count). The molecule has 1 atom stereocenters. The van der Waals surface area contributed by atoms with Gasteiger partial charge in [-0.2, -0.15) is 5.10 Å². The van der Waals surface area contributed by atoms with E-state index in [4.69, 9.17) is 11.6 Å². The highest BCUT2D eigenvalue weighted by atomic mass is 79.9. The van der Waals surface area contributed by atoms with Crippen LogP contribution in [-0.2, 0) is 13.5 Å². The standard InChI is InChI=1S/C13H18BrN5/c1-19-8-9(7-17-19)2-5-13(18-16)11-6-10(14)3-4-12(11)15/h3-4,6-8,13,18H,2,5,15-16H2,1H3. The minimum absolute atomic E-state index is 0.0257. The van der Waals surface area contributed by atoms with Gasteiger partial charge in [-0.15, -0.1) is 0 Å². The molecule has 0 amide bonds. The summed E-state index contributed by atoms with van der Waals surface area (Å²) in [6.45, 7) is 0. The molecule has 0 aliphatic heterocycles. The predicted molar refractivity (Wildman–Crippen MR) is 80.1 cm³/mol. The second-order valence-electron chi connectivity index (χ2n) is 4.55. The molecule has 5 nitrogen and oxygen atoms in total. The summed E-state index contributed by atoms with van der Waals surface area (Å²) >= 11 is 3.46. The number of hydrogen-bond donors (Lipinski definition) is 3. The summed E-state index contributed by atoms with van der Waals surface area (Å²) in [4.78, 5) is 0. The van der Waals surface area contributed by atoms with Crippen LogP contribution in [0.4, 0.5) is 5.69 Å². The van der Waals surface area contributed by atoms with Crippen molar-refractivity contribution in [1.82, 2.24) is 15.2 Å². The van der Waals surface area contributed by atoms with Gasteiger partial charge in [0.05, 0.1) is 6.20 Å². The second kappa shape index (κ2) is 6.18. The van der Waals surface area contributed by atoms with E-state index in [9.17, 15) is 0 Å². The lowest BCUT2D eigenvalue weighted by atomic mass is 9.99. The molecule has 1 unspecified atom stereocenters. The van der Waals surface area contributed by atoms with Crippen molar-refractivity contribution < 1.29 is 0 Å². The Morgan fingerprint density at radius 1 is 1.47 bits per heavy atom. The first-order valence-electron chi connectivity index (χ1n) is 6.08. The van der Waals surface area contributed by atoms with Crippen LogP contribution >= 0.6 is 15.9 Å². The fraction of sp³-hybridized carbons (Fsp3) is 0.308. The highest BCUT2D eigenvalue weighted by molar-refractivity contribution is 9.10. The Balaban J connectivity index is 2.09. The molecule has 0 spiro atoms. The van der Waals surface area contributed by atoms with Crippen molar-refractivity contribution in [3.63, 3.8) is 0 Å². The summed E-state index contributed by atoms with van der Waals surface area (Å²) in [5.74, 6) is 5.65. The van der Waals surface area contributed by atoms with E-state index in [-0.39, 0.29) is 6.04 Å². The number of nitrogens with zero attached hydrogens (tertiary/aromatic N) is 2. The van der Waals surface area contributed by atoms with Gasteiger partial charge in [0.15, 0.2) is 0 Å². The van der Waals surface area contributed by atoms with Crippen LogP contribution in [0.1, 0.15) is 23.6 Å². The van der Waals surface area contributed by atoms with Crippen molar-refractivity contribution in [2.45, 2.75) is 18.9 Å². The molecule has 1 heterocycles. The number of hydrazine groups is 1. The van der Waals surface area contributed by atoms with Crippen LogP contribution in [0.2, 0.25) is 0 Å². The lowest BCUT2D eigenvalue weighted by Gasteiger charge is -2.18. The van der Waals surface area contributed by atoms with Gasteiger partial charge in [-0.3, -0.25) is 16.0 Å². The quantitative estimate of drug-likeness (QED) is 0.446.